The van der Waals surface area contributed by atoms with Gasteiger partial charge in [0.2, 0.25) is 11.9 Å². The molecule has 41 heavy (non-hydrogen) atoms. The number of halogens is 1. The molecule has 12 nitrogen and oxygen atoms in total. The molecule has 4 aromatic rings. The van der Waals surface area contributed by atoms with Crippen molar-refractivity contribution in [3.05, 3.63) is 72.5 Å². The SMILES string of the molecule is C=CC(=O)N1CCN(c2ncc3ncnc(Nc4ccc(Oc5ccn(NC)c(=N)c5)c(C)c4F)c3n2)C(C)[C@H]1C. The van der Waals surface area contributed by atoms with E-state index in [1.54, 1.807) is 49.5 Å². The van der Waals surface area contributed by atoms with Crippen molar-refractivity contribution in [2.75, 3.05) is 35.8 Å². The minimum Gasteiger partial charge on any atom is -0.457 e. The molecule has 0 spiro atoms. The maximum atomic E-state index is 15.5. The summed E-state index contributed by atoms with van der Waals surface area (Å²) < 4.78 is 22.9. The van der Waals surface area contributed by atoms with E-state index in [-0.39, 0.29) is 34.7 Å². The number of carbonyl (C=O) groups excluding carboxylic acids is 1. The third kappa shape index (κ3) is 5.25. The fourth-order valence-corrected chi connectivity index (χ4v) is 4.80. The Balaban J connectivity index is 1.41. The highest BCUT2D eigenvalue weighted by molar-refractivity contribution is 5.88. The van der Waals surface area contributed by atoms with Gasteiger partial charge in [-0.25, -0.2) is 24.3 Å². The average molecular weight is 559 g/mol. The van der Waals surface area contributed by atoms with Gasteiger partial charge in [0.15, 0.2) is 11.6 Å². The first-order valence-electron chi connectivity index (χ1n) is 13.1. The van der Waals surface area contributed by atoms with Crippen LogP contribution in [0.25, 0.3) is 11.0 Å². The normalized spacial score (nSPS) is 16.9. The maximum Gasteiger partial charge on any atom is 0.246 e. The summed E-state index contributed by atoms with van der Waals surface area (Å²) in [6.07, 6.45) is 5.96. The highest BCUT2D eigenvalue weighted by atomic mass is 19.1. The van der Waals surface area contributed by atoms with Gasteiger partial charge >= 0.3 is 0 Å². The van der Waals surface area contributed by atoms with E-state index in [1.165, 1.54) is 23.1 Å². The molecule has 13 heteroatoms. The number of fused-ring (bicyclic) bond motifs is 1. The van der Waals surface area contributed by atoms with Gasteiger partial charge in [-0.05, 0) is 45.0 Å². The van der Waals surface area contributed by atoms with Crippen molar-refractivity contribution in [2.45, 2.75) is 32.9 Å². The van der Waals surface area contributed by atoms with E-state index in [0.717, 1.165) is 0 Å². The van der Waals surface area contributed by atoms with Gasteiger partial charge in [0, 0.05) is 50.0 Å². The van der Waals surface area contributed by atoms with E-state index in [0.29, 0.717) is 47.4 Å². The van der Waals surface area contributed by atoms with Crippen molar-refractivity contribution >= 4 is 34.4 Å². The quantitative estimate of drug-likeness (QED) is 0.291. The Hall–Kier alpha value is -5.07. The Morgan fingerprint density at radius 1 is 1.20 bits per heavy atom. The van der Waals surface area contributed by atoms with Gasteiger partial charge in [0.05, 0.1) is 11.9 Å². The first-order valence-corrected chi connectivity index (χ1v) is 13.1. The highest BCUT2D eigenvalue weighted by Crippen LogP contribution is 2.32. The predicted molar refractivity (Wildman–Crippen MR) is 153 cm³/mol. The predicted octanol–water partition coefficient (Wildman–Crippen LogP) is 3.47. The summed E-state index contributed by atoms with van der Waals surface area (Å²) >= 11 is 0. The zero-order valence-electron chi connectivity index (χ0n) is 23.2. The molecule has 1 amide bonds. The lowest BCUT2D eigenvalue weighted by atomic mass is 10.0. The van der Waals surface area contributed by atoms with Crippen LogP contribution < -0.4 is 25.9 Å². The first kappa shape index (κ1) is 27.5. The van der Waals surface area contributed by atoms with Gasteiger partial charge in [-0.15, -0.1) is 0 Å². The lowest BCUT2D eigenvalue weighted by Gasteiger charge is -2.44. The Bertz CT molecular complexity index is 1690. The van der Waals surface area contributed by atoms with Gasteiger partial charge in [0.25, 0.3) is 0 Å². The number of hydrogen-bond acceptors (Lipinski definition) is 10. The zero-order chi connectivity index (χ0) is 29.3. The Labute approximate surface area is 236 Å². The zero-order valence-corrected chi connectivity index (χ0v) is 23.2. The molecule has 3 N–H and O–H groups in total. The summed E-state index contributed by atoms with van der Waals surface area (Å²) in [5, 5.41) is 11.1. The van der Waals surface area contributed by atoms with Crippen LogP contribution in [0.5, 0.6) is 11.5 Å². The molecule has 0 bridgehead atoms. The standard InChI is InChI=1S/C28H31FN10O2/c1-6-24(40)37-11-12-38(18(4)17(37)3)28-32-14-21-26(36-28)27(34-15-33-21)35-20-7-8-22(16(2)25(20)29)41-19-9-10-39(31-5)23(30)13-19/h6-10,13-15,17-18,30-31H,1,11-12H2,2-5H3,(H,33,34,35)/t17-,18?/m1/s1. The van der Waals surface area contributed by atoms with Gasteiger partial charge in [-0.2, -0.15) is 0 Å². The van der Waals surface area contributed by atoms with E-state index in [4.69, 9.17) is 15.1 Å². The number of nitrogens with zero attached hydrogens (tertiary/aromatic N) is 7. The van der Waals surface area contributed by atoms with Crippen LogP contribution in [-0.4, -0.2) is 67.6 Å². The van der Waals surface area contributed by atoms with E-state index in [9.17, 15) is 4.79 Å². The fraction of sp³-hybridized carbons (Fsp3) is 0.286. The topological polar surface area (TPSA) is 137 Å². The first-order chi connectivity index (χ1) is 19.7. The Morgan fingerprint density at radius 3 is 2.73 bits per heavy atom. The third-order valence-corrected chi connectivity index (χ3v) is 7.33. The number of nitrogens with one attached hydrogen (secondary N) is 3. The number of carbonyl (C=O) groups is 1. The monoisotopic (exact) mass is 558 g/mol. The molecule has 3 aromatic heterocycles. The Kier molecular flexibility index (Phi) is 7.51. The van der Waals surface area contributed by atoms with Crippen LogP contribution in [0.4, 0.5) is 21.8 Å². The average Bonchev–Trinajstić information content (AvgIpc) is 2.98. The summed E-state index contributed by atoms with van der Waals surface area (Å²) in [5.41, 5.74) is 4.45. The molecule has 4 heterocycles. The molecule has 1 saturated heterocycles. The lowest BCUT2D eigenvalue weighted by molar-refractivity contribution is -0.129. The van der Waals surface area contributed by atoms with Crippen molar-refractivity contribution in [2.24, 2.45) is 0 Å². The van der Waals surface area contributed by atoms with Gasteiger partial charge in [-0.3, -0.25) is 14.9 Å². The van der Waals surface area contributed by atoms with E-state index in [2.05, 4.69) is 32.3 Å². The number of ether oxygens (including phenoxy) is 1. The highest BCUT2D eigenvalue weighted by Gasteiger charge is 2.34. The molecule has 212 valence electrons. The molecule has 0 saturated carbocycles. The van der Waals surface area contributed by atoms with Gasteiger partial charge < -0.3 is 25.3 Å². The molecular weight excluding hydrogens is 527 g/mol. The maximum absolute atomic E-state index is 15.5. The minimum absolute atomic E-state index is 0.0575. The molecule has 1 unspecified atom stereocenters. The lowest BCUT2D eigenvalue weighted by Crippen LogP contribution is -2.59. The Morgan fingerprint density at radius 2 is 2.00 bits per heavy atom. The van der Waals surface area contributed by atoms with Crippen molar-refractivity contribution < 1.29 is 13.9 Å². The molecule has 1 aliphatic rings. The molecule has 1 aromatic carbocycles. The number of amides is 1. The second-order valence-corrected chi connectivity index (χ2v) is 9.66. The second-order valence-electron chi connectivity index (χ2n) is 9.66. The van der Waals surface area contributed by atoms with Crippen molar-refractivity contribution in [1.29, 1.82) is 5.41 Å². The van der Waals surface area contributed by atoms with Gasteiger partial charge in [0.1, 0.15) is 34.3 Å². The van der Waals surface area contributed by atoms with E-state index in [1.807, 2.05) is 18.7 Å². The smallest absolute Gasteiger partial charge is 0.246 e. The van der Waals surface area contributed by atoms with Crippen LogP contribution in [0, 0.1) is 18.2 Å². The minimum atomic E-state index is -0.513. The summed E-state index contributed by atoms with van der Waals surface area (Å²) in [7, 11) is 1.70. The molecule has 1 fully saturated rings. The number of rotatable bonds is 7. The van der Waals surface area contributed by atoms with Crippen molar-refractivity contribution in [1.82, 2.24) is 29.5 Å². The van der Waals surface area contributed by atoms with Gasteiger partial charge in [-0.1, -0.05) is 6.58 Å². The van der Waals surface area contributed by atoms with Crippen LogP contribution in [0.3, 0.4) is 0 Å². The largest absolute Gasteiger partial charge is 0.457 e. The summed E-state index contributed by atoms with van der Waals surface area (Å²) in [6, 6.07) is 6.29. The number of aromatic nitrogens is 5. The summed E-state index contributed by atoms with van der Waals surface area (Å²) in [6.45, 7) is 10.3. The van der Waals surface area contributed by atoms with Crippen LogP contribution in [0.1, 0.15) is 19.4 Å². The summed E-state index contributed by atoms with van der Waals surface area (Å²) in [4.78, 5) is 33.9. The second kappa shape index (κ2) is 11.2. The molecule has 2 atom stereocenters. The van der Waals surface area contributed by atoms with Crippen LogP contribution >= 0.6 is 0 Å². The molecule has 0 aliphatic carbocycles. The van der Waals surface area contributed by atoms with Crippen LogP contribution in [-0.2, 0) is 4.79 Å². The fourth-order valence-electron chi connectivity index (χ4n) is 4.80. The van der Waals surface area contributed by atoms with E-state index >= 15 is 4.39 Å². The molecule has 1 aliphatic heterocycles. The van der Waals surface area contributed by atoms with Crippen molar-refractivity contribution in [3.8, 4) is 11.5 Å². The third-order valence-electron chi connectivity index (χ3n) is 7.33. The number of piperazine rings is 1. The number of pyridine rings is 1. The van der Waals surface area contributed by atoms with E-state index < -0.39 is 5.82 Å². The molecular formula is C28H31FN10O2. The number of hydrogen-bond donors (Lipinski definition) is 3. The van der Waals surface area contributed by atoms with Crippen molar-refractivity contribution in [3.63, 3.8) is 0 Å². The summed E-state index contributed by atoms with van der Waals surface area (Å²) in [5.74, 6) is 0.908. The molecule has 5 rings (SSSR count). The van der Waals surface area contributed by atoms with Crippen LogP contribution in [0.15, 0.2) is 55.6 Å². The van der Waals surface area contributed by atoms with Crippen LogP contribution in [0.2, 0.25) is 0 Å². The molecule has 0 radical (unpaired) electrons. The number of benzene rings is 1. The number of anilines is 3.